The average molecular weight is 705 g/mol. The number of aryl methyl sites for hydroxylation is 3. The number of hydrogen-bond donors (Lipinski definition) is 2. The molecule has 3 heterocycles. The zero-order valence-corrected chi connectivity index (χ0v) is 29.6. The van der Waals surface area contributed by atoms with Crippen LogP contribution in [0, 0.1) is 11.2 Å². The summed E-state index contributed by atoms with van der Waals surface area (Å²) in [6.45, 7) is 10.4. The number of carboxylic acids is 1. The smallest absolute Gasteiger partial charge is 0.352 e. The molecule has 5 aromatic rings. The van der Waals surface area contributed by atoms with Crippen molar-refractivity contribution in [1.82, 2.24) is 19.7 Å². The van der Waals surface area contributed by atoms with Gasteiger partial charge in [0.05, 0.1) is 36.1 Å². The molecule has 1 spiro atoms. The third-order valence-corrected chi connectivity index (χ3v) is 10.2. The molecule has 1 aliphatic heterocycles. The quantitative estimate of drug-likeness (QED) is 0.149. The van der Waals surface area contributed by atoms with Gasteiger partial charge in [-0.1, -0.05) is 58.0 Å². The van der Waals surface area contributed by atoms with Crippen LogP contribution in [0.15, 0.2) is 48.5 Å². The highest BCUT2D eigenvalue weighted by atomic mass is 35.5. The number of aromatic nitrogens is 3. The van der Waals surface area contributed by atoms with Gasteiger partial charge in [-0.05, 0) is 98.3 Å². The molecule has 2 N–H and O–H groups in total. The zero-order valence-electron chi connectivity index (χ0n) is 28.9. The molecule has 8 nitrogen and oxygen atoms in total. The summed E-state index contributed by atoms with van der Waals surface area (Å²) >= 11 is 7.02. The van der Waals surface area contributed by atoms with Crippen LogP contribution in [0.25, 0.3) is 32.8 Å². The molecule has 0 amide bonds. The van der Waals surface area contributed by atoms with Gasteiger partial charge < -0.3 is 24.5 Å². The normalized spacial score (nSPS) is 14.8. The third kappa shape index (κ3) is 7.41. The summed E-state index contributed by atoms with van der Waals surface area (Å²) in [6, 6.07) is 14.1. The summed E-state index contributed by atoms with van der Waals surface area (Å²) in [5.74, 6) is -0.560. The van der Waals surface area contributed by atoms with Crippen LogP contribution >= 0.6 is 11.6 Å². The number of hydrogen-bond acceptors (Lipinski definition) is 5. The molecule has 2 aromatic heterocycles. The summed E-state index contributed by atoms with van der Waals surface area (Å²) in [7, 11) is 1.94. The number of aromatic carboxylic acids is 1. The Morgan fingerprint density at radius 2 is 1.84 bits per heavy atom. The second-order valence-electron chi connectivity index (χ2n) is 13.1. The Bertz CT molecular complexity index is 1980. The second-order valence-corrected chi connectivity index (χ2v) is 13.5. The predicted octanol–water partition coefficient (Wildman–Crippen LogP) is 9.21. The van der Waals surface area contributed by atoms with Gasteiger partial charge in [0.2, 0.25) is 0 Å². The lowest BCUT2D eigenvalue weighted by atomic mass is 9.97. The average Bonchev–Trinajstić information content (AvgIpc) is 3.68. The number of benzene rings is 3. The highest BCUT2D eigenvalue weighted by Crippen LogP contribution is 2.51. The van der Waals surface area contributed by atoms with Crippen molar-refractivity contribution in [3.05, 3.63) is 82.0 Å². The van der Waals surface area contributed by atoms with Crippen LogP contribution in [0.3, 0.4) is 0 Å². The van der Waals surface area contributed by atoms with Crippen molar-refractivity contribution in [3.8, 4) is 16.9 Å². The monoisotopic (exact) mass is 704 g/mol. The maximum Gasteiger partial charge on any atom is 0.352 e. The number of nitrogens with one attached hydrogen (secondary N) is 1. The molecule has 0 unspecified atom stereocenters. The van der Waals surface area contributed by atoms with Gasteiger partial charge >= 0.3 is 5.97 Å². The molecule has 50 heavy (non-hydrogen) atoms. The number of halogens is 2. The van der Waals surface area contributed by atoms with Crippen LogP contribution in [-0.2, 0) is 37.8 Å². The van der Waals surface area contributed by atoms with Gasteiger partial charge in [0.15, 0.2) is 0 Å². The Morgan fingerprint density at radius 3 is 2.52 bits per heavy atom. The lowest BCUT2D eigenvalue weighted by molar-refractivity contribution is 0.0670. The standard InChI is InChI=1S/C35H35ClFN3O4.C4H11N.CH4/c1-3-28-31-27(38-39(28)2)19-43-20-35(13-14-35)15-16-40-32-25(11-12-26(36)30(31)32)24(33(40)34(41)42)7-5-17-44-29-8-4-6-21-18-22(37)9-10-23(21)29;1-3-5-4-2;/h4,6,8-12,18H,3,5,7,13-17,19-20H2,1-2H3,(H,41,42);5H,3-4H2,1-2H3;1H4. The largest absolute Gasteiger partial charge is 0.493 e. The van der Waals surface area contributed by atoms with E-state index in [1.807, 2.05) is 46.6 Å². The minimum Gasteiger partial charge on any atom is -0.493 e. The van der Waals surface area contributed by atoms with E-state index in [4.69, 9.17) is 26.2 Å². The summed E-state index contributed by atoms with van der Waals surface area (Å²) < 4.78 is 30.1. The van der Waals surface area contributed by atoms with E-state index in [-0.39, 0.29) is 18.7 Å². The fraction of sp³-hybridized carbons (Fsp3) is 0.450. The fourth-order valence-electron chi connectivity index (χ4n) is 7.25. The molecule has 0 saturated heterocycles. The first-order valence-electron chi connectivity index (χ1n) is 17.4. The van der Waals surface area contributed by atoms with E-state index in [2.05, 4.69) is 26.1 Å². The van der Waals surface area contributed by atoms with Gasteiger partial charge in [0.1, 0.15) is 17.3 Å². The molecule has 1 aliphatic carbocycles. The van der Waals surface area contributed by atoms with E-state index in [1.165, 1.54) is 12.1 Å². The summed E-state index contributed by atoms with van der Waals surface area (Å²) in [5, 5.41) is 21.7. The lowest BCUT2D eigenvalue weighted by Gasteiger charge is -2.17. The van der Waals surface area contributed by atoms with E-state index in [0.29, 0.717) is 55.7 Å². The molecule has 3 aromatic carbocycles. The van der Waals surface area contributed by atoms with Gasteiger partial charge in [-0.2, -0.15) is 5.10 Å². The topological polar surface area (TPSA) is 90.5 Å². The number of carbonyl (C=O) groups is 1. The van der Waals surface area contributed by atoms with E-state index in [9.17, 15) is 14.3 Å². The molecular formula is C40H50ClFN4O4. The maximum absolute atomic E-state index is 13.8. The minimum absolute atomic E-state index is 0. The zero-order chi connectivity index (χ0) is 34.7. The Kier molecular flexibility index (Phi) is 11.9. The van der Waals surface area contributed by atoms with Crippen molar-refractivity contribution in [2.75, 3.05) is 26.3 Å². The second kappa shape index (κ2) is 16.0. The molecule has 2 aliphatic rings. The van der Waals surface area contributed by atoms with Crippen molar-refractivity contribution in [2.24, 2.45) is 12.5 Å². The molecular weight excluding hydrogens is 655 g/mol. The van der Waals surface area contributed by atoms with Crippen molar-refractivity contribution in [3.63, 3.8) is 0 Å². The Hall–Kier alpha value is -3.92. The first kappa shape index (κ1) is 37.3. The molecule has 1 fully saturated rings. The van der Waals surface area contributed by atoms with Crippen molar-refractivity contribution >= 4 is 39.2 Å². The van der Waals surface area contributed by atoms with Gasteiger partial charge in [-0.25, -0.2) is 9.18 Å². The molecule has 268 valence electrons. The number of carboxylic acid groups (broad SMARTS) is 1. The number of fused-ring (bicyclic) bond motifs is 3. The maximum atomic E-state index is 13.8. The lowest BCUT2D eigenvalue weighted by Crippen LogP contribution is -2.17. The van der Waals surface area contributed by atoms with Crippen LogP contribution in [0.2, 0.25) is 5.02 Å². The van der Waals surface area contributed by atoms with Crippen molar-refractivity contribution in [2.45, 2.75) is 79.9 Å². The van der Waals surface area contributed by atoms with Gasteiger partial charge in [-0.15, -0.1) is 0 Å². The van der Waals surface area contributed by atoms with Gasteiger partial charge in [-0.3, -0.25) is 4.68 Å². The van der Waals surface area contributed by atoms with Crippen LogP contribution < -0.4 is 10.1 Å². The molecule has 0 radical (unpaired) electrons. The Morgan fingerprint density at radius 1 is 1.08 bits per heavy atom. The van der Waals surface area contributed by atoms with E-state index in [0.717, 1.165) is 88.5 Å². The summed E-state index contributed by atoms with van der Waals surface area (Å²) in [6.07, 6.45) is 4.84. The molecule has 0 atom stereocenters. The van der Waals surface area contributed by atoms with Crippen LogP contribution in [0.5, 0.6) is 5.75 Å². The number of ether oxygens (including phenoxy) is 2. The van der Waals surface area contributed by atoms with Gasteiger partial charge in [0.25, 0.3) is 0 Å². The number of nitrogens with zero attached hydrogens (tertiary/aromatic N) is 3. The first-order valence-corrected chi connectivity index (χ1v) is 17.8. The molecule has 0 bridgehead atoms. The molecule has 1 saturated carbocycles. The van der Waals surface area contributed by atoms with Gasteiger partial charge in [0, 0.05) is 41.2 Å². The first-order chi connectivity index (χ1) is 23.7. The van der Waals surface area contributed by atoms with E-state index in [1.54, 1.807) is 6.07 Å². The highest BCUT2D eigenvalue weighted by Gasteiger charge is 2.43. The number of rotatable bonds is 9. The fourth-order valence-corrected chi connectivity index (χ4v) is 7.50. The van der Waals surface area contributed by atoms with Crippen LogP contribution in [0.1, 0.15) is 81.3 Å². The van der Waals surface area contributed by atoms with Crippen molar-refractivity contribution < 1.29 is 23.8 Å². The summed E-state index contributed by atoms with van der Waals surface area (Å²) in [5.41, 5.74) is 5.64. The van der Waals surface area contributed by atoms with Crippen LogP contribution in [0.4, 0.5) is 4.39 Å². The van der Waals surface area contributed by atoms with E-state index < -0.39 is 5.97 Å². The Labute approximate surface area is 299 Å². The predicted molar refractivity (Wildman–Crippen MR) is 200 cm³/mol. The van der Waals surface area contributed by atoms with E-state index >= 15 is 0 Å². The third-order valence-electron chi connectivity index (χ3n) is 9.90. The van der Waals surface area contributed by atoms with Crippen molar-refractivity contribution in [1.29, 1.82) is 0 Å². The molecule has 7 rings (SSSR count). The van der Waals surface area contributed by atoms with Crippen LogP contribution in [-0.4, -0.2) is 51.7 Å². The summed E-state index contributed by atoms with van der Waals surface area (Å²) in [4.78, 5) is 13.0. The molecule has 10 heteroatoms. The minimum atomic E-state index is -0.951. The Balaban J connectivity index is 0.000000758. The highest BCUT2D eigenvalue weighted by molar-refractivity contribution is 6.35. The SMILES string of the molecule is C.CCNCC.CCc1c2c(nn1C)COCC1(CCn3c(C(=O)O)c(CCCOc4cccc5cc(F)ccc45)c4ccc(Cl)c-2c43)CC1.